The molecule has 0 amide bonds. The summed E-state index contributed by atoms with van der Waals surface area (Å²) in [4.78, 5) is 0. The van der Waals surface area contributed by atoms with E-state index in [-0.39, 0.29) is 38.8 Å². The summed E-state index contributed by atoms with van der Waals surface area (Å²) in [5.74, 6) is 2.27. The van der Waals surface area contributed by atoms with E-state index in [1.807, 2.05) is 0 Å². The van der Waals surface area contributed by atoms with E-state index in [0.29, 0.717) is 41.1 Å². The third-order valence-corrected chi connectivity index (χ3v) is 9.90. The van der Waals surface area contributed by atoms with Crippen LogP contribution in [0.2, 0.25) is 0 Å². The molecule has 1 rings (SSSR count). The Bertz CT molecular complexity index is 854. The van der Waals surface area contributed by atoms with Crippen molar-refractivity contribution < 1.29 is 36.7 Å². The van der Waals surface area contributed by atoms with Gasteiger partial charge in [-0.1, -0.05) is 40.0 Å². The maximum absolute atomic E-state index is 13.3. The molecule has 1 atom stereocenters. The Morgan fingerprint density at radius 1 is 0.703 bits per heavy atom. The van der Waals surface area contributed by atoms with Crippen molar-refractivity contribution in [2.75, 3.05) is 40.1 Å². The van der Waals surface area contributed by atoms with Gasteiger partial charge in [0.15, 0.2) is 0 Å². The van der Waals surface area contributed by atoms with Crippen molar-refractivity contribution in [1.29, 1.82) is 0 Å². The standard InChI is InChI=1S/C27H50O8P2/c1-9-32-36(28,33-10-2)20-24-19-27(31-17-16-23(7)15-13-14-22(5)6)25(18-26(24)30-8)21-37(29,34-11-3)35-12-4/h18-19,22-23H,9-17,20-21H2,1-8H3. The number of hydrogen-bond donors (Lipinski definition) is 0. The highest BCUT2D eigenvalue weighted by Gasteiger charge is 2.30. The summed E-state index contributed by atoms with van der Waals surface area (Å²) in [6, 6.07) is 3.56. The minimum Gasteiger partial charge on any atom is -0.496 e. The van der Waals surface area contributed by atoms with Crippen molar-refractivity contribution in [1.82, 2.24) is 0 Å². The van der Waals surface area contributed by atoms with Gasteiger partial charge in [0.1, 0.15) is 11.5 Å². The van der Waals surface area contributed by atoms with Gasteiger partial charge in [0.05, 0.1) is 52.5 Å². The van der Waals surface area contributed by atoms with Gasteiger partial charge in [-0.05, 0) is 58.1 Å². The van der Waals surface area contributed by atoms with Crippen LogP contribution in [0.15, 0.2) is 12.1 Å². The zero-order chi connectivity index (χ0) is 27.9. The fourth-order valence-electron chi connectivity index (χ4n) is 4.07. The Morgan fingerprint density at radius 2 is 1.16 bits per heavy atom. The third kappa shape index (κ3) is 12.7. The Kier molecular flexibility index (Phi) is 16.3. The van der Waals surface area contributed by atoms with Crippen LogP contribution in [0.4, 0.5) is 0 Å². The highest BCUT2D eigenvalue weighted by atomic mass is 31.2. The van der Waals surface area contributed by atoms with Gasteiger partial charge in [-0.3, -0.25) is 9.13 Å². The van der Waals surface area contributed by atoms with Crippen LogP contribution >= 0.6 is 15.2 Å². The molecule has 0 N–H and O–H groups in total. The molecule has 8 nitrogen and oxygen atoms in total. The van der Waals surface area contributed by atoms with E-state index in [1.54, 1.807) is 46.9 Å². The largest absolute Gasteiger partial charge is 0.496 e. The molecule has 216 valence electrons. The Balaban J connectivity index is 3.27. The summed E-state index contributed by atoms with van der Waals surface area (Å²) >= 11 is 0. The number of benzene rings is 1. The predicted molar refractivity (Wildman–Crippen MR) is 150 cm³/mol. The van der Waals surface area contributed by atoms with Crippen LogP contribution < -0.4 is 9.47 Å². The van der Waals surface area contributed by atoms with E-state index in [1.165, 1.54) is 12.8 Å². The van der Waals surface area contributed by atoms with Gasteiger partial charge >= 0.3 is 15.2 Å². The molecule has 0 spiro atoms. The second-order valence-corrected chi connectivity index (χ2v) is 13.7. The number of ether oxygens (including phenoxy) is 2. The van der Waals surface area contributed by atoms with E-state index in [4.69, 9.17) is 27.6 Å². The van der Waals surface area contributed by atoms with Crippen LogP contribution in [0.25, 0.3) is 0 Å². The second kappa shape index (κ2) is 17.7. The lowest BCUT2D eigenvalue weighted by atomic mass is 9.98. The molecular weight excluding hydrogens is 514 g/mol. The molecule has 1 aromatic carbocycles. The first kappa shape index (κ1) is 34.1. The molecule has 0 aliphatic carbocycles. The molecule has 0 aliphatic rings. The van der Waals surface area contributed by atoms with Crippen LogP contribution in [-0.4, -0.2) is 40.1 Å². The summed E-state index contributed by atoms with van der Waals surface area (Å²) < 4.78 is 60.6. The molecule has 0 saturated heterocycles. The fourth-order valence-corrected chi connectivity index (χ4v) is 7.48. The fraction of sp³-hybridized carbons (Fsp3) is 0.778. The van der Waals surface area contributed by atoms with Crippen molar-refractivity contribution in [3.8, 4) is 11.5 Å². The van der Waals surface area contributed by atoms with Gasteiger partial charge in [-0.2, -0.15) is 0 Å². The summed E-state index contributed by atoms with van der Waals surface area (Å²) in [5, 5.41) is 0. The molecule has 0 aliphatic heterocycles. The van der Waals surface area contributed by atoms with Gasteiger partial charge in [-0.15, -0.1) is 0 Å². The highest BCUT2D eigenvalue weighted by molar-refractivity contribution is 7.53. The lowest BCUT2D eigenvalue weighted by molar-refractivity contribution is 0.217. The molecule has 0 saturated carbocycles. The Labute approximate surface area is 225 Å². The molecule has 37 heavy (non-hydrogen) atoms. The molecule has 0 aromatic heterocycles. The topological polar surface area (TPSA) is 89.5 Å². The van der Waals surface area contributed by atoms with Crippen LogP contribution in [-0.2, 0) is 39.5 Å². The van der Waals surface area contributed by atoms with Gasteiger partial charge in [0.25, 0.3) is 0 Å². The first-order valence-corrected chi connectivity index (χ1v) is 17.1. The normalized spacial score (nSPS) is 13.2. The average Bonchev–Trinajstić information content (AvgIpc) is 2.80. The zero-order valence-corrected chi connectivity index (χ0v) is 26.0. The van der Waals surface area contributed by atoms with Crippen LogP contribution in [0.3, 0.4) is 0 Å². The lowest BCUT2D eigenvalue weighted by Gasteiger charge is -2.23. The first-order chi connectivity index (χ1) is 17.5. The molecule has 1 aromatic rings. The van der Waals surface area contributed by atoms with Crippen molar-refractivity contribution in [3.05, 3.63) is 23.3 Å². The first-order valence-electron chi connectivity index (χ1n) is 13.6. The minimum atomic E-state index is -3.39. The van der Waals surface area contributed by atoms with Gasteiger partial charge < -0.3 is 27.6 Å². The smallest absolute Gasteiger partial charge is 0.335 e. The minimum absolute atomic E-state index is 0.0364. The highest BCUT2D eigenvalue weighted by Crippen LogP contribution is 2.55. The zero-order valence-electron chi connectivity index (χ0n) is 24.2. The summed E-state index contributed by atoms with van der Waals surface area (Å²) in [7, 11) is -5.23. The van der Waals surface area contributed by atoms with Crippen molar-refractivity contribution in [2.24, 2.45) is 11.8 Å². The van der Waals surface area contributed by atoms with Gasteiger partial charge in [0.2, 0.25) is 0 Å². The van der Waals surface area contributed by atoms with Crippen LogP contribution in [0.1, 0.15) is 85.3 Å². The molecule has 0 bridgehead atoms. The van der Waals surface area contributed by atoms with E-state index in [2.05, 4.69) is 20.8 Å². The maximum Gasteiger partial charge on any atom is 0.335 e. The van der Waals surface area contributed by atoms with Crippen molar-refractivity contribution in [3.63, 3.8) is 0 Å². The van der Waals surface area contributed by atoms with E-state index < -0.39 is 15.2 Å². The molecule has 0 fully saturated rings. The molecule has 0 radical (unpaired) electrons. The number of hydrogen-bond acceptors (Lipinski definition) is 8. The van der Waals surface area contributed by atoms with Crippen LogP contribution in [0.5, 0.6) is 11.5 Å². The van der Waals surface area contributed by atoms with Crippen molar-refractivity contribution in [2.45, 2.75) is 86.5 Å². The molecule has 0 heterocycles. The third-order valence-electron chi connectivity index (χ3n) is 5.84. The van der Waals surface area contributed by atoms with Gasteiger partial charge in [0, 0.05) is 11.1 Å². The quantitative estimate of drug-likeness (QED) is 0.137. The van der Waals surface area contributed by atoms with Crippen LogP contribution in [0, 0.1) is 11.8 Å². The Morgan fingerprint density at radius 3 is 1.59 bits per heavy atom. The van der Waals surface area contributed by atoms with Crippen molar-refractivity contribution >= 4 is 15.2 Å². The SMILES string of the molecule is CCOP(=O)(Cc1cc(OCCC(C)CCCC(C)C)c(CP(=O)(OCC)OCC)cc1OC)OCC. The number of rotatable bonds is 21. The van der Waals surface area contributed by atoms with E-state index in [9.17, 15) is 9.13 Å². The number of methoxy groups -OCH3 is 1. The van der Waals surface area contributed by atoms with E-state index in [0.717, 1.165) is 12.8 Å². The maximum atomic E-state index is 13.3. The summed E-state index contributed by atoms with van der Waals surface area (Å²) in [5.41, 5.74) is 1.29. The summed E-state index contributed by atoms with van der Waals surface area (Å²) in [6.07, 6.45) is 4.55. The molecule has 10 heteroatoms. The van der Waals surface area contributed by atoms with Gasteiger partial charge in [-0.25, -0.2) is 0 Å². The lowest BCUT2D eigenvalue weighted by Crippen LogP contribution is -2.08. The second-order valence-electron chi connectivity index (χ2n) is 9.55. The molecular formula is C27H50O8P2. The van der Waals surface area contributed by atoms with E-state index >= 15 is 0 Å². The molecule has 1 unspecified atom stereocenters. The predicted octanol–water partition coefficient (Wildman–Crippen LogP) is 8.46. The average molecular weight is 565 g/mol. The Hall–Kier alpha value is -0.880. The summed E-state index contributed by atoms with van der Waals surface area (Å²) in [6.45, 7) is 15.4. The monoisotopic (exact) mass is 564 g/mol.